The fourth-order valence-electron chi connectivity index (χ4n) is 0.573. The molecule has 0 fully saturated rings. The molecule has 0 heterocycles. The molecule has 0 radical (unpaired) electrons. The van der Waals surface area contributed by atoms with Crippen LogP contribution in [-0.4, -0.2) is 30.3 Å². The Labute approximate surface area is 60.0 Å². The Morgan fingerprint density at radius 2 is 2.30 bits per heavy atom. The van der Waals surface area contributed by atoms with Crippen molar-refractivity contribution in [1.29, 1.82) is 0 Å². The van der Waals surface area contributed by atoms with Crippen LogP contribution in [0.4, 0.5) is 0 Å². The number of hydrogen-bond donors (Lipinski definition) is 2. The molecule has 0 aliphatic rings. The molecule has 0 bridgehead atoms. The smallest absolute Gasteiger partial charge is 0.326 e. The molecule has 0 aromatic carbocycles. The average molecular weight is 147 g/mol. The number of nitrogens with two attached hydrogens (primary N) is 1. The van der Waals surface area contributed by atoms with E-state index >= 15 is 0 Å². The van der Waals surface area contributed by atoms with E-state index in [9.17, 15) is 4.79 Å². The average Bonchev–Trinajstić information content (AvgIpc) is 1.88. The molecule has 0 amide bonds. The van der Waals surface area contributed by atoms with Gasteiger partial charge in [0.2, 0.25) is 0 Å². The molecule has 1 atom stereocenters. The van der Waals surface area contributed by atoms with Crippen LogP contribution in [0.5, 0.6) is 0 Å². The third kappa shape index (κ3) is 1.97. The topological polar surface area (TPSA) is 72.5 Å². The van der Waals surface area contributed by atoms with Crippen LogP contribution in [0.2, 0.25) is 0 Å². The molecule has 10 heavy (non-hydrogen) atoms. The first kappa shape index (κ1) is 9.39. The summed E-state index contributed by atoms with van der Waals surface area (Å²) < 4.78 is 4.65. The molecule has 0 aliphatic carbocycles. The van der Waals surface area contributed by atoms with E-state index in [1.54, 1.807) is 6.92 Å². The van der Waals surface area contributed by atoms with E-state index < -0.39 is 11.5 Å². The number of ether oxygens (including phenoxy) is 1. The normalized spacial score (nSPS) is 16.3. The number of carbonyl (C=O) groups is 1. The minimum atomic E-state index is -1.21. The Morgan fingerprint density at radius 1 is 1.80 bits per heavy atom. The standard InChI is InChI=1S/C6H13NO3/c1-3-6(7,4-10-2)5(8)9/h3-4,7H2,1-2H3,(H,8,9)/t6-/m1/s1. The van der Waals surface area contributed by atoms with Crippen LogP contribution in [0.15, 0.2) is 0 Å². The van der Waals surface area contributed by atoms with Gasteiger partial charge in [0.25, 0.3) is 0 Å². The molecule has 0 aromatic rings. The maximum Gasteiger partial charge on any atom is 0.326 e. The second-order valence-corrected chi connectivity index (χ2v) is 2.25. The molecule has 0 saturated heterocycles. The molecule has 0 rings (SSSR count). The van der Waals surface area contributed by atoms with Gasteiger partial charge >= 0.3 is 5.97 Å². The molecule has 60 valence electrons. The van der Waals surface area contributed by atoms with Crippen LogP contribution < -0.4 is 5.73 Å². The molecule has 0 aromatic heterocycles. The zero-order chi connectivity index (χ0) is 8.20. The number of hydrogen-bond acceptors (Lipinski definition) is 3. The lowest BCUT2D eigenvalue weighted by molar-refractivity contribution is -0.145. The van der Waals surface area contributed by atoms with E-state index in [4.69, 9.17) is 10.8 Å². The summed E-state index contributed by atoms with van der Waals surface area (Å²) >= 11 is 0. The summed E-state index contributed by atoms with van der Waals surface area (Å²) in [7, 11) is 1.43. The van der Waals surface area contributed by atoms with Crippen LogP contribution in [0.1, 0.15) is 13.3 Å². The van der Waals surface area contributed by atoms with Gasteiger partial charge in [0, 0.05) is 7.11 Å². The number of methoxy groups -OCH3 is 1. The monoisotopic (exact) mass is 147 g/mol. The van der Waals surface area contributed by atoms with E-state index in [1.807, 2.05) is 0 Å². The number of rotatable bonds is 4. The van der Waals surface area contributed by atoms with E-state index in [2.05, 4.69) is 4.74 Å². The molecule has 0 unspecified atom stereocenters. The second-order valence-electron chi connectivity index (χ2n) is 2.25. The van der Waals surface area contributed by atoms with E-state index in [0.717, 1.165) is 0 Å². The van der Waals surface area contributed by atoms with Crippen LogP contribution in [0, 0.1) is 0 Å². The fourth-order valence-corrected chi connectivity index (χ4v) is 0.573. The molecule has 4 nitrogen and oxygen atoms in total. The van der Waals surface area contributed by atoms with Crippen molar-refractivity contribution in [3.8, 4) is 0 Å². The summed E-state index contributed by atoms with van der Waals surface area (Å²) in [5, 5.41) is 8.56. The number of carboxylic acid groups (broad SMARTS) is 1. The van der Waals surface area contributed by atoms with Gasteiger partial charge in [-0.1, -0.05) is 6.92 Å². The minimum absolute atomic E-state index is 0.0544. The van der Waals surface area contributed by atoms with Gasteiger partial charge in [-0.15, -0.1) is 0 Å². The summed E-state index contributed by atoms with van der Waals surface area (Å²) in [6, 6.07) is 0. The van der Waals surface area contributed by atoms with Crippen LogP contribution >= 0.6 is 0 Å². The van der Waals surface area contributed by atoms with Gasteiger partial charge in [0.1, 0.15) is 5.54 Å². The van der Waals surface area contributed by atoms with E-state index in [1.165, 1.54) is 7.11 Å². The third-order valence-electron chi connectivity index (χ3n) is 1.46. The lowest BCUT2D eigenvalue weighted by Gasteiger charge is -2.20. The minimum Gasteiger partial charge on any atom is -0.480 e. The van der Waals surface area contributed by atoms with Gasteiger partial charge < -0.3 is 15.6 Å². The van der Waals surface area contributed by atoms with Crippen molar-refractivity contribution >= 4 is 5.97 Å². The summed E-state index contributed by atoms with van der Waals surface area (Å²) in [5.41, 5.74) is 4.21. The predicted molar refractivity (Wildman–Crippen MR) is 36.7 cm³/mol. The largest absolute Gasteiger partial charge is 0.480 e. The lowest BCUT2D eigenvalue weighted by Crippen LogP contribution is -2.51. The molecular formula is C6H13NO3. The first-order valence-electron chi connectivity index (χ1n) is 3.08. The summed E-state index contributed by atoms with van der Waals surface area (Å²) in [4.78, 5) is 10.4. The van der Waals surface area contributed by atoms with Gasteiger partial charge in [-0.3, -0.25) is 4.79 Å². The van der Waals surface area contributed by atoms with Crippen LogP contribution in [-0.2, 0) is 9.53 Å². The van der Waals surface area contributed by atoms with Crippen molar-refractivity contribution in [3.05, 3.63) is 0 Å². The molecule has 3 N–H and O–H groups in total. The highest BCUT2D eigenvalue weighted by Gasteiger charge is 2.31. The Morgan fingerprint density at radius 3 is 2.40 bits per heavy atom. The van der Waals surface area contributed by atoms with Crippen molar-refractivity contribution in [1.82, 2.24) is 0 Å². The quantitative estimate of drug-likeness (QED) is 0.578. The van der Waals surface area contributed by atoms with Crippen LogP contribution in [0.3, 0.4) is 0 Å². The fraction of sp³-hybridized carbons (Fsp3) is 0.833. The SMILES string of the molecule is CC[C@@](N)(COC)C(=O)O. The molecule has 4 heteroatoms. The third-order valence-corrected chi connectivity index (χ3v) is 1.46. The van der Waals surface area contributed by atoms with Gasteiger partial charge in [-0.25, -0.2) is 0 Å². The zero-order valence-corrected chi connectivity index (χ0v) is 6.26. The van der Waals surface area contributed by atoms with Gasteiger partial charge in [-0.2, -0.15) is 0 Å². The maximum absolute atomic E-state index is 10.4. The Hall–Kier alpha value is -0.610. The Kier molecular flexibility index (Phi) is 3.32. The highest BCUT2D eigenvalue weighted by molar-refractivity contribution is 5.78. The Bertz CT molecular complexity index is 126. The van der Waals surface area contributed by atoms with Crippen molar-refractivity contribution in [3.63, 3.8) is 0 Å². The second kappa shape index (κ2) is 3.53. The predicted octanol–water partition coefficient (Wildman–Crippen LogP) is -0.175. The first-order valence-corrected chi connectivity index (χ1v) is 3.08. The highest BCUT2D eigenvalue weighted by Crippen LogP contribution is 2.05. The summed E-state index contributed by atoms with van der Waals surface area (Å²) in [6.45, 7) is 1.77. The highest BCUT2D eigenvalue weighted by atomic mass is 16.5. The van der Waals surface area contributed by atoms with E-state index in [-0.39, 0.29) is 6.61 Å². The van der Waals surface area contributed by atoms with Crippen molar-refractivity contribution in [2.75, 3.05) is 13.7 Å². The number of carboxylic acids is 1. The van der Waals surface area contributed by atoms with Gasteiger partial charge in [0.05, 0.1) is 6.61 Å². The van der Waals surface area contributed by atoms with Crippen molar-refractivity contribution in [2.45, 2.75) is 18.9 Å². The van der Waals surface area contributed by atoms with Gasteiger partial charge in [-0.05, 0) is 6.42 Å². The first-order chi connectivity index (χ1) is 4.56. The molecule has 0 aliphatic heterocycles. The molecular weight excluding hydrogens is 134 g/mol. The van der Waals surface area contributed by atoms with Crippen molar-refractivity contribution in [2.24, 2.45) is 5.73 Å². The summed E-state index contributed by atoms with van der Waals surface area (Å²) in [5.74, 6) is -1.02. The zero-order valence-electron chi connectivity index (χ0n) is 6.26. The molecule has 0 saturated carbocycles. The van der Waals surface area contributed by atoms with Gasteiger partial charge in [0.15, 0.2) is 0 Å². The number of aliphatic carboxylic acids is 1. The Balaban J connectivity index is 4.08. The lowest BCUT2D eigenvalue weighted by atomic mass is 10.00. The summed E-state index contributed by atoms with van der Waals surface area (Å²) in [6.07, 6.45) is 0.371. The van der Waals surface area contributed by atoms with Crippen molar-refractivity contribution < 1.29 is 14.6 Å². The van der Waals surface area contributed by atoms with E-state index in [0.29, 0.717) is 6.42 Å². The maximum atomic E-state index is 10.4. The van der Waals surface area contributed by atoms with Crippen LogP contribution in [0.25, 0.3) is 0 Å². The molecule has 0 spiro atoms.